The van der Waals surface area contributed by atoms with E-state index in [9.17, 15) is 20.4 Å². The minimum absolute atomic E-state index is 0.00616. The first-order valence-electron chi connectivity index (χ1n) is 6.06. The molecule has 1 aromatic carbocycles. The predicted molar refractivity (Wildman–Crippen MR) is 65.1 cm³/mol. The first-order valence-corrected chi connectivity index (χ1v) is 6.06. The Morgan fingerprint density at radius 3 is 2.42 bits per heavy atom. The summed E-state index contributed by atoms with van der Waals surface area (Å²) in [6, 6.07) is 8.85. The van der Waals surface area contributed by atoms with E-state index in [0.717, 1.165) is 5.56 Å². The Labute approximate surface area is 110 Å². The second-order valence-electron chi connectivity index (χ2n) is 4.80. The molecule has 0 aliphatic carbocycles. The summed E-state index contributed by atoms with van der Waals surface area (Å²) < 4.78 is 4.96. The van der Waals surface area contributed by atoms with Gasteiger partial charge in [0, 0.05) is 6.42 Å². The van der Waals surface area contributed by atoms with Crippen LogP contribution < -0.4 is 0 Å². The van der Waals surface area contributed by atoms with Crippen molar-refractivity contribution < 1.29 is 30.3 Å². The Morgan fingerprint density at radius 1 is 1.21 bits per heavy atom. The second-order valence-corrected chi connectivity index (χ2v) is 4.80. The highest BCUT2D eigenvalue weighted by Gasteiger charge is 2.57. The van der Waals surface area contributed by atoms with Crippen LogP contribution in [-0.2, 0) is 11.2 Å². The molecule has 0 bridgehead atoms. The van der Waals surface area contributed by atoms with Gasteiger partial charge in [-0.1, -0.05) is 30.3 Å². The van der Waals surface area contributed by atoms with Crippen molar-refractivity contribution in [3.05, 3.63) is 35.9 Å². The Morgan fingerprint density at radius 2 is 1.84 bits per heavy atom. The number of ether oxygens (including phenoxy) is 1. The highest BCUT2D eigenvalue weighted by atomic mass is 16.7. The fourth-order valence-corrected chi connectivity index (χ4v) is 2.41. The van der Waals surface area contributed by atoms with E-state index in [0.29, 0.717) is 0 Å². The molecule has 1 saturated heterocycles. The summed E-state index contributed by atoms with van der Waals surface area (Å²) in [5.41, 5.74) is -1.14. The smallest absolute Gasteiger partial charge is 0.184 e. The monoisotopic (exact) mass is 270 g/mol. The number of benzene rings is 1. The van der Waals surface area contributed by atoms with E-state index in [4.69, 9.17) is 9.84 Å². The molecule has 0 amide bonds. The minimum atomic E-state index is -1.86. The van der Waals surface area contributed by atoms with E-state index in [1.165, 1.54) is 0 Å². The fourth-order valence-electron chi connectivity index (χ4n) is 2.41. The quantitative estimate of drug-likeness (QED) is 0.450. The summed E-state index contributed by atoms with van der Waals surface area (Å²) in [6.07, 6.45) is -5.81. The van der Waals surface area contributed by atoms with Gasteiger partial charge in [-0.15, -0.1) is 0 Å². The molecule has 0 unspecified atom stereocenters. The van der Waals surface area contributed by atoms with Gasteiger partial charge in [0.2, 0.25) is 0 Å². The van der Waals surface area contributed by atoms with Crippen LogP contribution in [0.15, 0.2) is 30.3 Å². The number of aliphatic hydroxyl groups is 5. The van der Waals surface area contributed by atoms with Crippen LogP contribution in [0.2, 0.25) is 0 Å². The van der Waals surface area contributed by atoms with Crippen molar-refractivity contribution in [3.63, 3.8) is 0 Å². The van der Waals surface area contributed by atoms with E-state index in [2.05, 4.69) is 0 Å². The van der Waals surface area contributed by atoms with E-state index in [1.54, 1.807) is 24.3 Å². The Balaban J connectivity index is 2.26. The molecule has 0 radical (unpaired) electrons. The average Bonchev–Trinajstić information content (AvgIpc) is 2.64. The lowest BCUT2D eigenvalue weighted by Crippen LogP contribution is -2.54. The zero-order chi connectivity index (χ0) is 14.0. The van der Waals surface area contributed by atoms with Gasteiger partial charge in [-0.25, -0.2) is 0 Å². The van der Waals surface area contributed by atoms with Crippen molar-refractivity contribution in [1.29, 1.82) is 0 Å². The number of hydrogen-bond donors (Lipinski definition) is 5. The van der Waals surface area contributed by atoms with E-state index >= 15 is 0 Å². The summed E-state index contributed by atoms with van der Waals surface area (Å²) in [5.74, 6) is 0. The van der Waals surface area contributed by atoms with Crippen LogP contribution >= 0.6 is 0 Å². The lowest BCUT2D eigenvalue weighted by molar-refractivity contribution is -0.154. The van der Waals surface area contributed by atoms with Gasteiger partial charge in [0.1, 0.15) is 23.9 Å². The zero-order valence-corrected chi connectivity index (χ0v) is 10.3. The number of rotatable bonds is 4. The van der Waals surface area contributed by atoms with E-state index < -0.39 is 36.8 Å². The topological polar surface area (TPSA) is 110 Å². The zero-order valence-electron chi connectivity index (χ0n) is 10.3. The maximum atomic E-state index is 10.5. The number of hydrogen-bond acceptors (Lipinski definition) is 6. The molecule has 1 heterocycles. The maximum Gasteiger partial charge on any atom is 0.184 e. The first-order chi connectivity index (χ1) is 8.99. The van der Waals surface area contributed by atoms with Gasteiger partial charge in [0.15, 0.2) is 6.29 Å². The SMILES string of the molecule is OC[C@@H](O)[C@@H]1O[C@@H](O)[C@@H](O)[C@@]1(O)Cc1ccccc1. The van der Waals surface area contributed by atoms with Gasteiger partial charge < -0.3 is 30.3 Å². The third-order valence-corrected chi connectivity index (χ3v) is 3.43. The van der Waals surface area contributed by atoms with Crippen molar-refractivity contribution in [2.45, 2.75) is 36.6 Å². The Bertz CT molecular complexity index is 411. The molecular weight excluding hydrogens is 252 g/mol. The third-order valence-electron chi connectivity index (χ3n) is 3.43. The molecule has 2 rings (SSSR count). The lowest BCUT2D eigenvalue weighted by atomic mass is 9.83. The molecule has 6 heteroatoms. The summed E-state index contributed by atoms with van der Waals surface area (Å²) >= 11 is 0. The van der Waals surface area contributed by atoms with Crippen LogP contribution in [0.5, 0.6) is 0 Å². The van der Waals surface area contributed by atoms with Crippen LogP contribution in [0.1, 0.15) is 5.56 Å². The molecule has 1 aliphatic heterocycles. The Kier molecular flexibility index (Phi) is 4.19. The molecule has 0 saturated carbocycles. The van der Waals surface area contributed by atoms with Crippen LogP contribution in [0.25, 0.3) is 0 Å². The molecule has 106 valence electrons. The molecule has 5 atom stereocenters. The standard InChI is InChI=1S/C13H18O6/c14-7-9(15)11-13(18,10(16)12(17)19-11)6-8-4-2-1-3-5-8/h1-5,9-12,14-18H,6-7H2/t9-,10-,11+,12-,13+/m1/s1. The highest BCUT2D eigenvalue weighted by Crippen LogP contribution is 2.35. The minimum Gasteiger partial charge on any atom is -0.394 e. The van der Waals surface area contributed by atoms with Crippen molar-refractivity contribution in [2.75, 3.05) is 6.61 Å². The lowest BCUT2D eigenvalue weighted by Gasteiger charge is -2.32. The van der Waals surface area contributed by atoms with Crippen molar-refractivity contribution in [2.24, 2.45) is 0 Å². The van der Waals surface area contributed by atoms with Crippen molar-refractivity contribution >= 4 is 0 Å². The summed E-state index contributed by atoms with van der Waals surface area (Å²) in [6.45, 7) is -0.638. The molecule has 1 aromatic rings. The van der Waals surface area contributed by atoms with Crippen LogP contribution in [0, 0.1) is 0 Å². The van der Waals surface area contributed by atoms with Crippen LogP contribution in [0.4, 0.5) is 0 Å². The van der Waals surface area contributed by atoms with Crippen LogP contribution in [-0.4, -0.2) is 62.3 Å². The van der Waals surface area contributed by atoms with E-state index in [-0.39, 0.29) is 6.42 Å². The van der Waals surface area contributed by atoms with Gasteiger partial charge in [-0.3, -0.25) is 0 Å². The molecule has 0 aromatic heterocycles. The normalized spacial score (nSPS) is 36.4. The summed E-state index contributed by atoms with van der Waals surface area (Å²) in [5, 5.41) is 48.5. The molecule has 1 fully saturated rings. The van der Waals surface area contributed by atoms with Crippen LogP contribution in [0.3, 0.4) is 0 Å². The Hall–Kier alpha value is -1.02. The predicted octanol–water partition coefficient (Wildman–Crippen LogP) is -1.61. The first kappa shape index (κ1) is 14.4. The maximum absolute atomic E-state index is 10.5. The second kappa shape index (κ2) is 5.54. The number of aliphatic hydroxyl groups excluding tert-OH is 4. The highest BCUT2D eigenvalue weighted by molar-refractivity contribution is 5.20. The largest absolute Gasteiger partial charge is 0.394 e. The van der Waals surface area contributed by atoms with Gasteiger partial charge in [0.05, 0.1) is 6.61 Å². The van der Waals surface area contributed by atoms with E-state index in [1.807, 2.05) is 6.07 Å². The summed E-state index contributed by atoms with van der Waals surface area (Å²) in [7, 11) is 0. The molecule has 1 aliphatic rings. The van der Waals surface area contributed by atoms with Crippen molar-refractivity contribution in [3.8, 4) is 0 Å². The van der Waals surface area contributed by atoms with Gasteiger partial charge in [0.25, 0.3) is 0 Å². The molecule has 6 nitrogen and oxygen atoms in total. The van der Waals surface area contributed by atoms with Gasteiger partial charge in [-0.2, -0.15) is 0 Å². The molecule has 0 spiro atoms. The van der Waals surface area contributed by atoms with Gasteiger partial charge >= 0.3 is 0 Å². The molecular formula is C13H18O6. The molecule has 19 heavy (non-hydrogen) atoms. The average molecular weight is 270 g/mol. The van der Waals surface area contributed by atoms with Crippen molar-refractivity contribution in [1.82, 2.24) is 0 Å². The van der Waals surface area contributed by atoms with Gasteiger partial charge in [-0.05, 0) is 5.56 Å². The summed E-state index contributed by atoms with van der Waals surface area (Å²) in [4.78, 5) is 0. The molecule has 5 N–H and O–H groups in total. The third kappa shape index (κ3) is 2.64. The fraction of sp³-hybridized carbons (Fsp3) is 0.538.